The average molecular weight is 297 g/mol. The van der Waals surface area contributed by atoms with Crippen LogP contribution < -0.4 is 5.32 Å². The second-order valence-electron chi connectivity index (χ2n) is 5.36. The molecular weight excluding hydrogens is 276 g/mol. The fourth-order valence-corrected chi connectivity index (χ4v) is 2.47. The van der Waals surface area contributed by atoms with Crippen molar-refractivity contribution < 1.29 is 9.53 Å². The number of carbonyl (C=O) groups is 1. The number of carbonyl (C=O) groups excluding carboxylic acids is 1. The second kappa shape index (κ2) is 6.95. The average Bonchev–Trinajstić information content (AvgIpc) is 2.46. The lowest BCUT2D eigenvalue weighted by molar-refractivity contribution is 0.0595. The molecule has 0 radical (unpaired) electrons. The number of amides is 1. The normalized spacial score (nSPS) is 18.6. The molecule has 5 heteroatoms. The molecule has 0 spiro atoms. The molecule has 1 aromatic rings. The number of hydrogen-bond donors (Lipinski definition) is 1. The van der Waals surface area contributed by atoms with Crippen molar-refractivity contribution in [2.24, 2.45) is 5.92 Å². The van der Waals surface area contributed by atoms with Gasteiger partial charge >= 0.3 is 0 Å². The van der Waals surface area contributed by atoms with Gasteiger partial charge in [0.1, 0.15) is 0 Å². The highest BCUT2D eigenvalue weighted by atomic mass is 35.5. The van der Waals surface area contributed by atoms with Gasteiger partial charge in [-0.25, -0.2) is 0 Å². The van der Waals surface area contributed by atoms with E-state index >= 15 is 0 Å². The van der Waals surface area contributed by atoms with E-state index in [2.05, 4.69) is 5.32 Å². The van der Waals surface area contributed by atoms with Crippen LogP contribution in [0.2, 0.25) is 5.02 Å². The molecule has 1 aromatic carbocycles. The van der Waals surface area contributed by atoms with Crippen molar-refractivity contribution >= 4 is 23.2 Å². The molecule has 1 atom stereocenters. The summed E-state index contributed by atoms with van der Waals surface area (Å²) >= 11 is 6.09. The fraction of sp³-hybridized carbons (Fsp3) is 0.533. The lowest BCUT2D eigenvalue weighted by Crippen LogP contribution is -2.25. The SMILES string of the molecule is CN(C)C(=O)c1cc(NCC2CCCOC2)ccc1Cl. The maximum atomic E-state index is 12.0. The predicted molar refractivity (Wildman–Crippen MR) is 81.5 cm³/mol. The molecular formula is C15H21ClN2O2. The van der Waals surface area contributed by atoms with E-state index in [0.717, 1.165) is 31.9 Å². The smallest absolute Gasteiger partial charge is 0.254 e. The fourth-order valence-electron chi connectivity index (χ4n) is 2.27. The Morgan fingerprint density at radius 3 is 2.95 bits per heavy atom. The third-order valence-electron chi connectivity index (χ3n) is 3.45. The Bertz CT molecular complexity index is 471. The molecule has 0 saturated carbocycles. The Morgan fingerprint density at radius 2 is 2.30 bits per heavy atom. The van der Waals surface area contributed by atoms with Gasteiger partial charge in [-0.1, -0.05) is 11.6 Å². The van der Waals surface area contributed by atoms with Crippen LogP contribution in [0.3, 0.4) is 0 Å². The Morgan fingerprint density at radius 1 is 1.50 bits per heavy atom. The quantitative estimate of drug-likeness (QED) is 0.929. The number of halogens is 1. The molecule has 1 amide bonds. The lowest BCUT2D eigenvalue weighted by atomic mass is 10.0. The third kappa shape index (κ3) is 3.87. The molecule has 1 N–H and O–H groups in total. The second-order valence-corrected chi connectivity index (χ2v) is 5.77. The van der Waals surface area contributed by atoms with E-state index in [9.17, 15) is 4.79 Å². The minimum absolute atomic E-state index is 0.0837. The molecule has 1 unspecified atom stereocenters. The first-order valence-electron chi connectivity index (χ1n) is 6.90. The van der Waals surface area contributed by atoms with Crippen LogP contribution in [0.1, 0.15) is 23.2 Å². The summed E-state index contributed by atoms with van der Waals surface area (Å²) in [5, 5.41) is 3.85. The highest BCUT2D eigenvalue weighted by molar-refractivity contribution is 6.34. The minimum Gasteiger partial charge on any atom is -0.385 e. The summed E-state index contributed by atoms with van der Waals surface area (Å²) in [6.45, 7) is 2.54. The topological polar surface area (TPSA) is 41.6 Å². The van der Waals surface area contributed by atoms with Crippen molar-refractivity contribution in [2.75, 3.05) is 39.2 Å². The summed E-state index contributed by atoms with van der Waals surface area (Å²) in [7, 11) is 3.44. The van der Waals surface area contributed by atoms with Crippen LogP contribution in [0.15, 0.2) is 18.2 Å². The molecule has 4 nitrogen and oxygen atoms in total. The number of nitrogens with one attached hydrogen (secondary N) is 1. The van der Waals surface area contributed by atoms with Crippen molar-refractivity contribution in [1.29, 1.82) is 0 Å². The van der Waals surface area contributed by atoms with Crippen LogP contribution in [0.25, 0.3) is 0 Å². The van der Waals surface area contributed by atoms with Gasteiger partial charge in [0.25, 0.3) is 5.91 Å². The van der Waals surface area contributed by atoms with Crippen LogP contribution in [0.5, 0.6) is 0 Å². The molecule has 1 saturated heterocycles. The molecule has 1 aliphatic heterocycles. The van der Waals surface area contributed by atoms with Gasteiger partial charge in [-0.05, 0) is 37.0 Å². The molecule has 20 heavy (non-hydrogen) atoms. The zero-order valence-corrected chi connectivity index (χ0v) is 12.7. The largest absolute Gasteiger partial charge is 0.385 e. The van der Waals surface area contributed by atoms with Crippen LogP contribution >= 0.6 is 11.6 Å². The Hall–Kier alpha value is -1.26. The molecule has 1 heterocycles. The van der Waals surface area contributed by atoms with Crippen molar-refractivity contribution in [3.63, 3.8) is 0 Å². The number of hydrogen-bond acceptors (Lipinski definition) is 3. The molecule has 0 aromatic heterocycles. The Balaban J connectivity index is 2.01. The maximum Gasteiger partial charge on any atom is 0.254 e. The zero-order chi connectivity index (χ0) is 14.5. The van der Waals surface area contributed by atoms with Crippen LogP contribution in [0, 0.1) is 5.92 Å². The summed E-state index contributed by atoms with van der Waals surface area (Å²) < 4.78 is 5.46. The van der Waals surface area contributed by atoms with Gasteiger partial charge in [-0.3, -0.25) is 4.79 Å². The number of rotatable bonds is 4. The van der Waals surface area contributed by atoms with Gasteiger partial charge < -0.3 is 15.0 Å². The van der Waals surface area contributed by atoms with Gasteiger partial charge in [0.15, 0.2) is 0 Å². The number of anilines is 1. The maximum absolute atomic E-state index is 12.0. The van der Waals surface area contributed by atoms with E-state index in [0.29, 0.717) is 16.5 Å². The standard InChI is InChI=1S/C15H21ClN2O2/c1-18(2)15(19)13-8-12(5-6-14(13)16)17-9-11-4-3-7-20-10-11/h5-6,8,11,17H,3-4,7,9-10H2,1-2H3. The lowest BCUT2D eigenvalue weighted by Gasteiger charge is -2.23. The first-order chi connectivity index (χ1) is 9.58. The summed E-state index contributed by atoms with van der Waals surface area (Å²) in [6.07, 6.45) is 2.31. The Kier molecular flexibility index (Phi) is 5.26. The van der Waals surface area contributed by atoms with Crippen LogP contribution in [-0.2, 0) is 4.74 Å². The number of ether oxygens (including phenoxy) is 1. The van der Waals surface area contributed by atoms with Crippen molar-refractivity contribution in [3.05, 3.63) is 28.8 Å². The first kappa shape index (κ1) is 15.1. The third-order valence-corrected chi connectivity index (χ3v) is 3.78. The molecule has 0 bridgehead atoms. The first-order valence-corrected chi connectivity index (χ1v) is 7.28. The molecule has 110 valence electrons. The van der Waals surface area contributed by atoms with E-state index < -0.39 is 0 Å². The highest BCUT2D eigenvalue weighted by Crippen LogP contribution is 2.22. The van der Waals surface area contributed by atoms with E-state index in [1.165, 1.54) is 11.3 Å². The molecule has 2 rings (SSSR count). The highest BCUT2D eigenvalue weighted by Gasteiger charge is 2.15. The molecule has 1 aliphatic rings. The number of benzene rings is 1. The zero-order valence-electron chi connectivity index (χ0n) is 12.0. The summed E-state index contributed by atoms with van der Waals surface area (Å²) in [5.41, 5.74) is 1.45. The van der Waals surface area contributed by atoms with Crippen LogP contribution in [0.4, 0.5) is 5.69 Å². The van der Waals surface area contributed by atoms with Crippen LogP contribution in [-0.4, -0.2) is 44.7 Å². The van der Waals surface area contributed by atoms with Crippen molar-refractivity contribution in [3.8, 4) is 0 Å². The van der Waals surface area contributed by atoms with Gasteiger partial charge in [0.2, 0.25) is 0 Å². The molecule has 1 fully saturated rings. The van der Waals surface area contributed by atoms with E-state index in [-0.39, 0.29) is 5.91 Å². The summed E-state index contributed by atoms with van der Waals surface area (Å²) in [6, 6.07) is 5.48. The van der Waals surface area contributed by atoms with Crippen molar-refractivity contribution in [2.45, 2.75) is 12.8 Å². The summed E-state index contributed by atoms with van der Waals surface area (Å²) in [5.74, 6) is 0.451. The van der Waals surface area contributed by atoms with E-state index in [1.54, 1.807) is 20.2 Å². The van der Waals surface area contributed by atoms with E-state index in [1.807, 2.05) is 12.1 Å². The minimum atomic E-state index is -0.0837. The van der Waals surface area contributed by atoms with Gasteiger partial charge in [-0.15, -0.1) is 0 Å². The van der Waals surface area contributed by atoms with E-state index in [4.69, 9.17) is 16.3 Å². The summed E-state index contributed by atoms with van der Waals surface area (Å²) in [4.78, 5) is 13.5. The monoisotopic (exact) mass is 296 g/mol. The molecule has 0 aliphatic carbocycles. The van der Waals surface area contributed by atoms with Gasteiger partial charge in [0.05, 0.1) is 17.2 Å². The van der Waals surface area contributed by atoms with Gasteiger partial charge in [0, 0.05) is 32.9 Å². The van der Waals surface area contributed by atoms with Crippen molar-refractivity contribution in [1.82, 2.24) is 4.90 Å². The Labute approximate surface area is 125 Å². The predicted octanol–water partition coefficient (Wildman–Crippen LogP) is 2.88. The van der Waals surface area contributed by atoms with Gasteiger partial charge in [-0.2, -0.15) is 0 Å². The number of nitrogens with zero attached hydrogens (tertiary/aromatic N) is 1.